The van der Waals surface area contributed by atoms with E-state index >= 15 is 0 Å². The van der Waals surface area contributed by atoms with Gasteiger partial charge < -0.3 is 15.0 Å². The zero-order chi connectivity index (χ0) is 11.8. The highest BCUT2D eigenvalue weighted by Crippen LogP contribution is 2.12. The van der Waals surface area contributed by atoms with Gasteiger partial charge in [-0.25, -0.2) is 4.79 Å². The normalized spacial score (nSPS) is 20.5. The summed E-state index contributed by atoms with van der Waals surface area (Å²) in [6, 6.07) is 0. The van der Waals surface area contributed by atoms with E-state index in [9.17, 15) is 4.79 Å². The van der Waals surface area contributed by atoms with E-state index in [0.717, 1.165) is 32.6 Å². The largest absolute Gasteiger partial charge is 0.450 e. The summed E-state index contributed by atoms with van der Waals surface area (Å²) in [6.07, 6.45) is 3.26. The molecular weight excluding hydrogens is 204 g/mol. The molecule has 1 atom stereocenters. The molecule has 1 rings (SSSR count). The lowest BCUT2D eigenvalue weighted by Gasteiger charge is -2.29. The van der Waals surface area contributed by atoms with Crippen molar-refractivity contribution in [1.29, 1.82) is 0 Å². The number of hydrogen-bond acceptors (Lipinski definition) is 3. The van der Waals surface area contributed by atoms with Gasteiger partial charge in [-0.05, 0) is 45.2 Å². The number of amides is 1. The van der Waals surface area contributed by atoms with E-state index in [0.29, 0.717) is 12.5 Å². The van der Waals surface area contributed by atoms with Crippen LogP contribution in [0.1, 0.15) is 33.1 Å². The molecule has 1 fully saturated rings. The van der Waals surface area contributed by atoms with E-state index in [-0.39, 0.29) is 6.09 Å². The van der Waals surface area contributed by atoms with Gasteiger partial charge >= 0.3 is 6.09 Å². The molecule has 1 amide bonds. The Morgan fingerprint density at radius 2 is 2.31 bits per heavy atom. The first-order chi connectivity index (χ1) is 7.77. The molecule has 1 saturated heterocycles. The van der Waals surface area contributed by atoms with Crippen LogP contribution in [0.25, 0.3) is 0 Å². The van der Waals surface area contributed by atoms with E-state index in [2.05, 4.69) is 12.2 Å². The molecule has 4 heteroatoms. The van der Waals surface area contributed by atoms with Crippen LogP contribution in [-0.4, -0.2) is 43.8 Å². The Bertz CT molecular complexity index is 203. The first-order valence-corrected chi connectivity index (χ1v) is 6.40. The smallest absolute Gasteiger partial charge is 0.409 e. The van der Waals surface area contributed by atoms with Crippen molar-refractivity contribution in [3.8, 4) is 0 Å². The number of nitrogens with one attached hydrogen (secondary N) is 1. The summed E-state index contributed by atoms with van der Waals surface area (Å²) in [5, 5.41) is 3.37. The van der Waals surface area contributed by atoms with Crippen molar-refractivity contribution < 1.29 is 9.53 Å². The predicted molar refractivity (Wildman–Crippen MR) is 64.5 cm³/mol. The number of carbonyl (C=O) groups is 1. The maximum atomic E-state index is 11.7. The predicted octanol–water partition coefficient (Wildman–Crippen LogP) is 1.85. The molecule has 0 aromatic rings. The van der Waals surface area contributed by atoms with E-state index in [1.165, 1.54) is 12.8 Å². The first-order valence-electron chi connectivity index (χ1n) is 6.40. The zero-order valence-corrected chi connectivity index (χ0v) is 10.5. The van der Waals surface area contributed by atoms with Gasteiger partial charge in [0.1, 0.15) is 0 Å². The summed E-state index contributed by atoms with van der Waals surface area (Å²) < 4.78 is 5.06. The van der Waals surface area contributed by atoms with Crippen molar-refractivity contribution in [2.24, 2.45) is 5.92 Å². The fraction of sp³-hybridized carbons (Fsp3) is 0.917. The Balaban J connectivity index is 2.39. The molecule has 1 N–H and O–H groups in total. The van der Waals surface area contributed by atoms with Crippen molar-refractivity contribution >= 4 is 6.09 Å². The summed E-state index contributed by atoms with van der Waals surface area (Å²) in [7, 11) is 0. The molecule has 0 bridgehead atoms. The molecule has 1 unspecified atom stereocenters. The summed E-state index contributed by atoms with van der Waals surface area (Å²) in [4.78, 5) is 13.5. The van der Waals surface area contributed by atoms with Crippen LogP contribution in [0.2, 0.25) is 0 Å². The van der Waals surface area contributed by atoms with Crippen LogP contribution in [0.15, 0.2) is 0 Å². The van der Waals surface area contributed by atoms with Gasteiger partial charge in [0.05, 0.1) is 6.61 Å². The average molecular weight is 228 g/mol. The Hall–Kier alpha value is -0.770. The van der Waals surface area contributed by atoms with Crippen LogP contribution in [0.4, 0.5) is 4.79 Å². The second-order valence-electron chi connectivity index (χ2n) is 4.36. The molecule has 4 nitrogen and oxygen atoms in total. The van der Waals surface area contributed by atoms with Crippen molar-refractivity contribution in [3.05, 3.63) is 0 Å². The zero-order valence-electron chi connectivity index (χ0n) is 10.5. The molecule has 0 aliphatic carbocycles. The second-order valence-corrected chi connectivity index (χ2v) is 4.36. The summed E-state index contributed by atoms with van der Waals surface area (Å²) in [5.74, 6) is 0.588. The quantitative estimate of drug-likeness (QED) is 0.781. The lowest BCUT2D eigenvalue weighted by atomic mass is 9.99. The van der Waals surface area contributed by atoms with E-state index in [4.69, 9.17) is 4.74 Å². The van der Waals surface area contributed by atoms with Crippen molar-refractivity contribution in [3.63, 3.8) is 0 Å². The maximum absolute atomic E-state index is 11.7. The highest BCUT2D eigenvalue weighted by Gasteiger charge is 2.20. The molecule has 0 aromatic heterocycles. The number of piperidine rings is 1. The third kappa shape index (κ3) is 4.39. The van der Waals surface area contributed by atoms with Crippen molar-refractivity contribution in [2.75, 3.05) is 32.8 Å². The molecule has 1 aliphatic heterocycles. The molecule has 16 heavy (non-hydrogen) atoms. The Morgan fingerprint density at radius 3 is 2.88 bits per heavy atom. The van der Waals surface area contributed by atoms with Crippen LogP contribution in [-0.2, 0) is 4.74 Å². The number of rotatable bonds is 5. The monoisotopic (exact) mass is 228 g/mol. The maximum Gasteiger partial charge on any atom is 0.409 e. The standard InChI is InChI=1S/C12H24N2O2/c1-3-8-14(12(15)16-4-2)10-11-6-5-7-13-9-11/h11,13H,3-10H2,1-2H3. The van der Waals surface area contributed by atoms with Crippen LogP contribution in [0.5, 0.6) is 0 Å². The van der Waals surface area contributed by atoms with Gasteiger partial charge in [-0.15, -0.1) is 0 Å². The lowest BCUT2D eigenvalue weighted by Crippen LogP contribution is -2.41. The van der Waals surface area contributed by atoms with E-state index in [1.54, 1.807) is 0 Å². The molecular formula is C12H24N2O2. The third-order valence-electron chi connectivity index (χ3n) is 2.90. The van der Waals surface area contributed by atoms with Crippen LogP contribution >= 0.6 is 0 Å². The van der Waals surface area contributed by atoms with Crippen LogP contribution in [0, 0.1) is 5.92 Å². The number of ether oxygens (including phenoxy) is 1. The highest BCUT2D eigenvalue weighted by atomic mass is 16.6. The molecule has 1 aliphatic rings. The lowest BCUT2D eigenvalue weighted by molar-refractivity contribution is 0.0981. The molecule has 94 valence electrons. The summed E-state index contributed by atoms with van der Waals surface area (Å²) >= 11 is 0. The highest BCUT2D eigenvalue weighted by molar-refractivity contribution is 5.67. The fourth-order valence-corrected chi connectivity index (χ4v) is 2.13. The van der Waals surface area contributed by atoms with Gasteiger partial charge in [-0.2, -0.15) is 0 Å². The van der Waals surface area contributed by atoms with Gasteiger partial charge in [0.2, 0.25) is 0 Å². The number of nitrogens with zero attached hydrogens (tertiary/aromatic N) is 1. The topological polar surface area (TPSA) is 41.6 Å². The summed E-state index contributed by atoms with van der Waals surface area (Å²) in [6.45, 7) is 8.18. The van der Waals surface area contributed by atoms with E-state index in [1.807, 2.05) is 11.8 Å². The Labute approximate surface area is 98.3 Å². The SMILES string of the molecule is CCCN(CC1CCCNC1)C(=O)OCC. The number of hydrogen-bond donors (Lipinski definition) is 1. The molecule has 0 radical (unpaired) electrons. The van der Waals surface area contributed by atoms with Gasteiger partial charge in [-0.3, -0.25) is 0 Å². The van der Waals surface area contributed by atoms with E-state index < -0.39 is 0 Å². The van der Waals surface area contributed by atoms with Gasteiger partial charge in [-0.1, -0.05) is 6.92 Å². The first kappa shape index (κ1) is 13.3. The molecule has 0 aromatic carbocycles. The van der Waals surface area contributed by atoms with Crippen LogP contribution < -0.4 is 5.32 Å². The minimum Gasteiger partial charge on any atom is -0.450 e. The minimum absolute atomic E-state index is 0.157. The molecule has 0 saturated carbocycles. The van der Waals surface area contributed by atoms with Crippen LogP contribution in [0.3, 0.4) is 0 Å². The average Bonchev–Trinajstić information content (AvgIpc) is 2.30. The van der Waals surface area contributed by atoms with Crippen molar-refractivity contribution in [2.45, 2.75) is 33.1 Å². The second kappa shape index (κ2) is 7.49. The van der Waals surface area contributed by atoms with Crippen molar-refractivity contribution in [1.82, 2.24) is 10.2 Å². The molecule has 1 heterocycles. The summed E-state index contributed by atoms with van der Waals surface area (Å²) in [5.41, 5.74) is 0. The Kier molecular flexibility index (Phi) is 6.23. The Morgan fingerprint density at radius 1 is 1.50 bits per heavy atom. The molecule has 0 spiro atoms. The minimum atomic E-state index is -0.157. The third-order valence-corrected chi connectivity index (χ3v) is 2.90. The number of carbonyl (C=O) groups excluding carboxylic acids is 1. The van der Waals surface area contributed by atoms with Gasteiger partial charge in [0.25, 0.3) is 0 Å². The fourth-order valence-electron chi connectivity index (χ4n) is 2.13. The van der Waals surface area contributed by atoms with Gasteiger partial charge in [0, 0.05) is 13.1 Å². The van der Waals surface area contributed by atoms with Gasteiger partial charge in [0.15, 0.2) is 0 Å².